The maximum Gasteiger partial charge on any atom is 0.246 e. The summed E-state index contributed by atoms with van der Waals surface area (Å²) in [4.78, 5) is 119. The van der Waals surface area contributed by atoms with Crippen LogP contribution in [0.15, 0.2) is 82.6 Å². The number of likely N-dealkylation sites (tertiary alicyclic amines) is 2. The van der Waals surface area contributed by atoms with Crippen LogP contribution in [0.1, 0.15) is 145 Å². The molecule has 3 aromatic rings. The molecule has 0 spiro atoms. The Morgan fingerprint density at radius 2 is 0.937 bits per heavy atom. The topological polar surface area (TPSA) is 215 Å². The summed E-state index contributed by atoms with van der Waals surface area (Å²) in [7, 11) is 3.32. The SMILES string of the molecule is C.CN[C@@H](C)C(=O)N[C@H](C(=O)N1C[C@@H](CC(=O)c2cccc(C(=O)C[C@H]3C[C@@H](C(=O)NC4CCSc5ccccc54)N(C(=O)[C@@H](NC(=O)[C@H](C)NC)C(C)(C)C)C3)c2)C[C@H]1C(=O)NC1CCSc2ccccc21)C(C)(C)C.Cl.Cl. The number of rotatable bonds is 18. The third kappa shape index (κ3) is 16.1. The zero-order valence-electron chi connectivity index (χ0n) is 46.6. The molecule has 4 aliphatic rings. The fourth-order valence-electron chi connectivity index (χ4n) is 10.7. The largest absolute Gasteiger partial charge is 0.347 e. The van der Waals surface area contributed by atoms with Crippen molar-refractivity contribution >= 4 is 95.3 Å². The Bertz CT molecular complexity index is 2510. The number of thioether (sulfide) groups is 2. The number of carbonyl (C=O) groups is 8. The summed E-state index contributed by atoms with van der Waals surface area (Å²) in [6, 6.07) is 17.1. The van der Waals surface area contributed by atoms with Crippen LogP contribution in [0.2, 0.25) is 0 Å². The van der Waals surface area contributed by atoms with Crippen molar-refractivity contribution in [2.45, 2.75) is 159 Å². The average Bonchev–Trinajstić information content (AvgIpc) is 4.03. The number of nitrogens with zero attached hydrogens (tertiary/aromatic N) is 2. The number of hydrogen-bond acceptors (Lipinski definition) is 12. The highest BCUT2D eigenvalue weighted by Gasteiger charge is 2.48. The van der Waals surface area contributed by atoms with Crippen molar-refractivity contribution in [1.29, 1.82) is 0 Å². The molecule has 2 saturated heterocycles. The van der Waals surface area contributed by atoms with Crippen LogP contribution in [-0.2, 0) is 28.8 Å². The Balaban J connectivity index is 0.00000448. The van der Waals surface area contributed by atoms with Gasteiger partial charge in [0.1, 0.15) is 24.2 Å². The van der Waals surface area contributed by atoms with E-state index in [1.807, 2.05) is 90.1 Å². The molecular formula is C59H84Cl2N8O8S2. The number of hydrogen-bond donors (Lipinski definition) is 6. The van der Waals surface area contributed by atoms with Crippen molar-refractivity contribution < 1.29 is 38.4 Å². The number of likely N-dealkylation sites (N-methyl/N-ethyl adjacent to an activating group) is 2. The molecule has 0 aromatic heterocycles. The monoisotopic (exact) mass is 1170 g/mol. The molecule has 10 atom stereocenters. The van der Waals surface area contributed by atoms with Gasteiger partial charge in [-0.05, 0) is 106 Å². The number of benzene rings is 3. The van der Waals surface area contributed by atoms with E-state index in [4.69, 9.17) is 0 Å². The second-order valence-electron chi connectivity index (χ2n) is 23.2. The number of carbonyl (C=O) groups excluding carboxylic acids is 8. The Morgan fingerprint density at radius 1 is 0.570 bits per heavy atom. The summed E-state index contributed by atoms with van der Waals surface area (Å²) < 4.78 is 0. The summed E-state index contributed by atoms with van der Waals surface area (Å²) in [5.41, 5.74) is 1.20. The van der Waals surface area contributed by atoms with E-state index >= 15 is 0 Å². The van der Waals surface area contributed by atoms with Crippen LogP contribution in [0.5, 0.6) is 0 Å². The minimum absolute atomic E-state index is 0. The predicted molar refractivity (Wildman–Crippen MR) is 318 cm³/mol. The molecular weight excluding hydrogens is 1080 g/mol. The smallest absolute Gasteiger partial charge is 0.246 e. The Labute approximate surface area is 488 Å². The normalized spacial score (nSPS) is 22.1. The van der Waals surface area contributed by atoms with Crippen molar-refractivity contribution in [2.75, 3.05) is 38.7 Å². The highest BCUT2D eigenvalue weighted by Crippen LogP contribution is 2.39. The highest BCUT2D eigenvalue weighted by atomic mass is 35.5. The van der Waals surface area contributed by atoms with Crippen LogP contribution >= 0.6 is 48.3 Å². The molecule has 3 aromatic carbocycles. The van der Waals surface area contributed by atoms with E-state index in [0.717, 1.165) is 32.4 Å². The summed E-state index contributed by atoms with van der Waals surface area (Å²) in [5, 5.41) is 18.2. The molecule has 2 fully saturated rings. The lowest BCUT2D eigenvalue weighted by molar-refractivity contribution is -0.144. The van der Waals surface area contributed by atoms with Crippen molar-refractivity contribution in [2.24, 2.45) is 22.7 Å². The number of fused-ring (bicyclic) bond motifs is 2. The lowest BCUT2D eigenvalue weighted by Crippen LogP contribution is -2.59. The molecule has 0 aliphatic carbocycles. The van der Waals surface area contributed by atoms with Gasteiger partial charge in [0.15, 0.2) is 11.6 Å². The zero-order chi connectivity index (χ0) is 55.2. The van der Waals surface area contributed by atoms with Gasteiger partial charge in [0.2, 0.25) is 35.4 Å². The first-order valence-electron chi connectivity index (χ1n) is 26.8. The maximum atomic E-state index is 14.7. The molecule has 4 aliphatic heterocycles. The first-order valence-corrected chi connectivity index (χ1v) is 28.7. The van der Waals surface area contributed by atoms with Gasteiger partial charge in [0, 0.05) is 58.4 Å². The second-order valence-corrected chi connectivity index (χ2v) is 25.4. The second kappa shape index (κ2) is 28.6. The standard InChI is InChI=1S/C58H78N8O8S2.CH4.2ClH/c1-33(59-9)51(69)63-49(57(3,4)5)55(73)65-31-35(26-43(65)53(71)61-41-22-24-75-47-20-13-11-18-39(41)47)28-45(67)37-16-15-17-38(30-37)46(68)29-36-27-44(54(72)62-42-23-25-76-48-21-14-12-19-40(42)48)66(32-36)56(74)50(58(6,7)8)64-52(70)34(2)60-10;;;/h11-21,30,33-36,41-44,49-50,59-60H,22-29,31-32H2,1-10H3,(H,61,71)(H,62,72)(H,63,69)(H,64,70);1H4;2*1H/t33-,34-,35+,36+,41?,42?,43-,44-,49+,50+;;;/m0.../s1. The third-order valence-corrected chi connectivity index (χ3v) is 17.6. The Morgan fingerprint density at radius 3 is 1.29 bits per heavy atom. The average molecular weight is 1170 g/mol. The molecule has 0 radical (unpaired) electrons. The lowest BCUT2D eigenvalue weighted by Gasteiger charge is -2.36. The number of amides is 6. The van der Waals surface area contributed by atoms with E-state index in [1.54, 1.807) is 75.7 Å². The number of halogens is 2. The van der Waals surface area contributed by atoms with E-state index in [9.17, 15) is 38.4 Å². The predicted octanol–water partition coefficient (Wildman–Crippen LogP) is 7.73. The van der Waals surface area contributed by atoms with Crippen LogP contribution in [0, 0.1) is 22.7 Å². The fourth-order valence-corrected chi connectivity index (χ4v) is 12.9. The molecule has 0 bridgehead atoms. The molecule has 6 N–H and O–H groups in total. The first kappa shape index (κ1) is 66.5. The zero-order valence-corrected chi connectivity index (χ0v) is 49.8. The Hall–Kier alpha value is -4.98. The van der Waals surface area contributed by atoms with Gasteiger partial charge in [-0.2, -0.15) is 0 Å². The minimum atomic E-state index is -0.966. The van der Waals surface area contributed by atoms with E-state index < -0.39 is 70.7 Å². The molecule has 20 heteroatoms. The van der Waals surface area contributed by atoms with Crippen LogP contribution in [-0.4, -0.2) is 132 Å². The third-order valence-electron chi connectivity index (χ3n) is 15.4. The molecule has 4 heterocycles. The van der Waals surface area contributed by atoms with Gasteiger partial charge in [-0.15, -0.1) is 48.3 Å². The number of nitrogens with one attached hydrogen (secondary N) is 6. The van der Waals surface area contributed by atoms with Crippen molar-refractivity contribution in [1.82, 2.24) is 41.7 Å². The fraction of sp³-hybridized carbons (Fsp3) is 0.559. The van der Waals surface area contributed by atoms with Crippen LogP contribution in [0.3, 0.4) is 0 Å². The van der Waals surface area contributed by atoms with E-state index in [2.05, 4.69) is 31.9 Å². The van der Waals surface area contributed by atoms with E-state index in [0.29, 0.717) is 24.0 Å². The number of ketones is 2. The van der Waals surface area contributed by atoms with Gasteiger partial charge in [-0.3, -0.25) is 38.4 Å². The van der Waals surface area contributed by atoms with Gasteiger partial charge >= 0.3 is 0 Å². The molecule has 434 valence electrons. The van der Waals surface area contributed by atoms with Gasteiger partial charge in [-0.25, -0.2) is 0 Å². The molecule has 79 heavy (non-hydrogen) atoms. The molecule has 6 amide bonds. The van der Waals surface area contributed by atoms with Crippen molar-refractivity contribution in [3.8, 4) is 0 Å². The number of Topliss-reactive ketones (excluding diaryl/α,β-unsaturated/α-hetero) is 2. The van der Waals surface area contributed by atoms with Crippen LogP contribution in [0.4, 0.5) is 0 Å². The Kier molecular flexibility index (Phi) is 24.1. The molecule has 0 saturated carbocycles. The minimum Gasteiger partial charge on any atom is -0.347 e. The van der Waals surface area contributed by atoms with E-state index in [1.165, 1.54) is 9.80 Å². The molecule has 2 unspecified atom stereocenters. The summed E-state index contributed by atoms with van der Waals surface area (Å²) >= 11 is 3.47. The van der Waals surface area contributed by atoms with Gasteiger partial charge in [-0.1, -0.05) is 104 Å². The summed E-state index contributed by atoms with van der Waals surface area (Å²) in [5.74, 6) is -1.86. The summed E-state index contributed by atoms with van der Waals surface area (Å²) in [6.45, 7) is 14.8. The van der Waals surface area contributed by atoms with Gasteiger partial charge in [0.05, 0.1) is 24.2 Å². The molecule has 16 nitrogen and oxygen atoms in total. The van der Waals surface area contributed by atoms with Crippen LogP contribution < -0.4 is 31.9 Å². The highest BCUT2D eigenvalue weighted by molar-refractivity contribution is 7.99. The quantitative estimate of drug-likeness (QED) is 0.0676. The van der Waals surface area contributed by atoms with Crippen LogP contribution in [0.25, 0.3) is 0 Å². The van der Waals surface area contributed by atoms with Gasteiger partial charge < -0.3 is 41.7 Å². The van der Waals surface area contributed by atoms with Gasteiger partial charge in [0.25, 0.3) is 0 Å². The lowest BCUT2D eigenvalue weighted by atomic mass is 9.85. The summed E-state index contributed by atoms with van der Waals surface area (Å²) in [6.07, 6.45) is 1.85. The van der Waals surface area contributed by atoms with E-state index in [-0.39, 0.29) is 118 Å². The maximum absolute atomic E-state index is 14.7. The molecule has 7 rings (SSSR count). The first-order chi connectivity index (χ1) is 36.0. The van der Waals surface area contributed by atoms with Crippen molar-refractivity contribution in [3.05, 3.63) is 95.1 Å². The van der Waals surface area contributed by atoms with Crippen molar-refractivity contribution in [3.63, 3.8) is 0 Å².